The van der Waals surface area contributed by atoms with Gasteiger partial charge in [-0.1, -0.05) is 13.8 Å². The summed E-state index contributed by atoms with van der Waals surface area (Å²) >= 11 is 0. The third kappa shape index (κ3) is 2.80. The van der Waals surface area contributed by atoms with Crippen LogP contribution in [-0.4, -0.2) is 31.0 Å². The van der Waals surface area contributed by atoms with Crippen LogP contribution in [0.15, 0.2) is 18.2 Å². The standard InChI is InChI=1S/C16H24N2O2/c1-5-18-9-15(10(2)3)20-14-7-6-12(8-13(14)18)16(19)11(4)17/h6-8,10-11,15H,5,9,17H2,1-4H3. The number of carbonyl (C=O) groups is 1. The van der Waals surface area contributed by atoms with Crippen LogP contribution in [0.4, 0.5) is 5.69 Å². The Hall–Kier alpha value is -1.55. The molecule has 1 aromatic carbocycles. The van der Waals surface area contributed by atoms with Gasteiger partial charge in [-0.2, -0.15) is 0 Å². The highest BCUT2D eigenvalue weighted by molar-refractivity contribution is 6.00. The smallest absolute Gasteiger partial charge is 0.179 e. The molecule has 0 radical (unpaired) electrons. The molecule has 2 rings (SSSR count). The summed E-state index contributed by atoms with van der Waals surface area (Å²) in [5.74, 6) is 1.29. The third-order valence-corrected chi connectivity index (χ3v) is 3.80. The van der Waals surface area contributed by atoms with E-state index in [-0.39, 0.29) is 11.9 Å². The number of fused-ring (bicyclic) bond motifs is 1. The number of ether oxygens (including phenoxy) is 1. The Balaban J connectivity index is 2.36. The number of Topliss-reactive ketones (excluding diaryl/α,β-unsaturated/α-hetero) is 1. The van der Waals surface area contributed by atoms with Crippen LogP contribution in [0.5, 0.6) is 5.75 Å². The summed E-state index contributed by atoms with van der Waals surface area (Å²) in [6, 6.07) is 5.13. The van der Waals surface area contributed by atoms with E-state index in [1.807, 2.05) is 12.1 Å². The van der Waals surface area contributed by atoms with Gasteiger partial charge in [-0.15, -0.1) is 0 Å². The van der Waals surface area contributed by atoms with Gasteiger partial charge >= 0.3 is 0 Å². The molecule has 0 spiro atoms. The fourth-order valence-corrected chi connectivity index (χ4v) is 2.44. The predicted octanol–water partition coefficient (Wildman–Crippen LogP) is 2.46. The Morgan fingerprint density at radius 2 is 2.15 bits per heavy atom. The Bertz CT molecular complexity index is 497. The van der Waals surface area contributed by atoms with Crippen molar-refractivity contribution >= 4 is 11.5 Å². The molecular formula is C16H24N2O2. The molecule has 4 heteroatoms. The van der Waals surface area contributed by atoms with Crippen molar-refractivity contribution in [3.63, 3.8) is 0 Å². The first kappa shape index (κ1) is 14.9. The first-order chi connectivity index (χ1) is 9.43. The fourth-order valence-electron chi connectivity index (χ4n) is 2.44. The summed E-state index contributed by atoms with van der Waals surface area (Å²) in [5.41, 5.74) is 7.33. The van der Waals surface area contributed by atoms with Crippen LogP contribution in [0.1, 0.15) is 38.1 Å². The monoisotopic (exact) mass is 276 g/mol. The van der Waals surface area contributed by atoms with Gasteiger partial charge in [0.25, 0.3) is 0 Å². The molecule has 0 aliphatic carbocycles. The van der Waals surface area contributed by atoms with Crippen molar-refractivity contribution in [2.45, 2.75) is 39.8 Å². The van der Waals surface area contributed by atoms with E-state index in [0.717, 1.165) is 24.5 Å². The molecule has 1 aliphatic rings. The summed E-state index contributed by atoms with van der Waals surface area (Å²) < 4.78 is 6.04. The number of hydrogen-bond donors (Lipinski definition) is 1. The van der Waals surface area contributed by atoms with Gasteiger partial charge in [0, 0.05) is 12.1 Å². The number of rotatable bonds is 4. The van der Waals surface area contributed by atoms with E-state index in [9.17, 15) is 4.79 Å². The van der Waals surface area contributed by atoms with Crippen LogP contribution in [0, 0.1) is 5.92 Å². The third-order valence-electron chi connectivity index (χ3n) is 3.80. The number of carbonyl (C=O) groups excluding carboxylic acids is 1. The number of nitrogens with two attached hydrogens (primary N) is 1. The van der Waals surface area contributed by atoms with E-state index in [0.29, 0.717) is 11.5 Å². The summed E-state index contributed by atoms with van der Waals surface area (Å²) in [7, 11) is 0. The predicted molar refractivity (Wildman–Crippen MR) is 81.6 cm³/mol. The van der Waals surface area contributed by atoms with Crippen molar-refractivity contribution in [2.75, 3.05) is 18.0 Å². The maximum Gasteiger partial charge on any atom is 0.179 e. The Morgan fingerprint density at radius 1 is 1.45 bits per heavy atom. The lowest BCUT2D eigenvalue weighted by Gasteiger charge is -2.37. The number of benzene rings is 1. The van der Waals surface area contributed by atoms with Crippen molar-refractivity contribution < 1.29 is 9.53 Å². The fraction of sp³-hybridized carbons (Fsp3) is 0.562. The van der Waals surface area contributed by atoms with Crippen LogP contribution in [-0.2, 0) is 0 Å². The average molecular weight is 276 g/mol. The van der Waals surface area contributed by atoms with E-state index < -0.39 is 6.04 Å². The number of likely N-dealkylation sites (N-methyl/N-ethyl adjacent to an activating group) is 1. The second-order valence-corrected chi connectivity index (χ2v) is 5.77. The zero-order valence-electron chi connectivity index (χ0n) is 12.7. The minimum Gasteiger partial charge on any atom is -0.486 e. The Labute approximate surface area is 120 Å². The maximum absolute atomic E-state index is 12.0. The molecule has 0 amide bonds. The van der Waals surface area contributed by atoms with Gasteiger partial charge in [0.05, 0.1) is 18.3 Å². The first-order valence-electron chi connectivity index (χ1n) is 7.29. The number of hydrogen-bond acceptors (Lipinski definition) is 4. The van der Waals surface area contributed by atoms with Crippen LogP contribution >= 0.6 is 0 Å². The topological polar surface area (TPSA) is 55.6 Å². The number of ketones is 1. The molecule has 1 heterocycles. The van der Waals surface area contributed by atoms with Crippen LogP contribution in [0.25, 0.3) is 0 Å². The molecule has 110 valence electrons. The minimum absolute atomic E-state index is 0.0326. The molecule has 0 fully saturated rings. The maximum atomic E-state index is 12.0. The van der Waals surface area contributed by atoms with E-state index in [1.165, 1.54) is 0 Å². The lowest BCUT2D eigenvalue weighted by atomic mass is 10.0. The SMILES string of the molecule is CCN1CC(C(C)C)Oc2ccc(C(=O)C(C)N)cc21. The Kier molecular flexibility index (Phi) is 4.33. The molecule has 1 aliphatic heterocycles. The van der Waals surface area contributed by atoms with E-state index in [1.54, 1.807) is 13.0 Å². The van der Waals surface area contributed by atoms with Crippen molar-refractivity contribution in [2.24, 2.45) is 11.7 Å². The molecule has 2 N–H and O–H groups in total. The van der Waals surface area contributed by atoms with Crippen LogP contribution in [0.3, 0.4) is 0 Å². The van der Waals surface area contributed by atoms with Gasteiger partial charge < -0.3 is 15.4 Å². The van der Waals surface area contributed by atoms with E-state index >= 15 is 0 Å². The van der Waals surface area contributed by atoms with Gasteiger partial charge in [0.1, 0.15) is 11.9 Å². The van der Waals surface area contributed by atoms with Gasteiger partial charge in [-0.3, -0.25) is 4.79 Å². The summed E-state index contributed by atoms with van der Waals surface area (Å²) in [5, 5.41) is 0. The lowest BCUT2D eigenvalue weighted by Crippen LogP contribution is -2.42. The van der Waals surface area contributed by atoms with Gasteiger partial charge in [0.15, 0.2) is 5.78 Å². The second kappa shape index (κ2) is 5.83. The second-order valence-electron chi connectivity index (χ2n) is 5.77. The molecule has 0 aromatic heterocycles. The molecule has 2 unspecified atom stereocenters. The highest BCUT2D eigenvalue weighted by atomic mass is 16.5. The van der Waals surface area contributed by atoms with E-state index in [2.05, 4.69) is 25.7 Å². The molecule has 0 saturated carbocycles. The quantitative estimate of drug-likeness (QED) is 0.858. The first-order valence-corrected chi connectivity index (χ1v) is 7.29. The van der Waals surface area contributed by atoms with Crippen molar-refractivity contribution in [3.8, 4) is 5.75 Å². The molecule has 0 bridgehead atoms. The summed E-state index contributed by atoms with van der Waals surface area (Å²) in [6.07, 6.45) is 0.192. The number of nitrogens with zero attached hydrogens (tertiary/aromatic N) is 1. The largest absolute Gasteiger partial charge is 0.486 e. The van der Waals surface area contributed by atoms with Crippen LogP contribution < -0.4 is 15.4 Å². The molecule has 0 saturated heterocycles. The van der Waals surface area contributed by atoms with Crippen molar-refractivity contribution in [1.29, 1.82) is 0 Å². The normalized spacial score (nSPS) is 19.5. The van der Waals surface area contributed by atoms with Gasteiger partial charge in [-0.25, -0.2) is 0 Å². The summed E-state index contributed by atoms with van der Waals surface area (Å²) in [6.45, 7) is 9.92. The van der Waals surface area contributed by atoms with E-state index in [4.69, 9.17) is 10.5 Å². The lowest BCUT2D eigenvalue weighted by molar-refractivity contribution is 0.0967. The molecular weight excluding hydrogens is 252 g/mol. The molecule has 4 nitrogen and oxygen atoms in total. The highest BCUT2D eigenvalue weighted by Gasteiger charge is 2.27. The van der Waals surface area contributed by atoms with Gasteiger partial charge in [-0.05, 0) is 38.0 Å². The Morgan fingerprint density at radius 3 is 2.70 bits per heavy atom. The molecule has 20 heavy (non-hydrogen) atoms. The zero-order chi connectivity index (χ0) is 14.9. The number of anilines is 1. The van der Waals surface area contributed by atoms with Gasteiger partial charge in [0.2, 0.25) is 0 Å². The molecule has 1 aromatic rings. The molecule has 2 atom stereocenters. The zero-order valence-corrected chi connectivity index (χ0v) is 12.7. The summed E-state index contributed by atoms with van der Waals surface area (Å²) in [4.78, 5) is 14.3. The highest BCUT2D eigenvalue weighted by Crippen LogP contribution is 2.35. The van der Waals surface area contributed by atoms with Crippen LogP contribution in [0.2, 0.25) is 0 Å². The minimum atomic E-state index is -0.476. The van der Waals surface area contributed by atoms with Crippen molar-refractivity contribution in [1.82, 2.24) is 0 Å². The average Bonchev–Trinajstić information content (AvgIpc) is 2.44. The van der Waals surface area contributed by atoms with Crippen molar-refractivity contribution in [3.05, 3.63) is 23.8 Å².